The minimum Gasteiger partial charge on any atom is -0.481 e. The van der Waals surface area contributed by atoms with Gasteiger partial charge in [0.25, 0.3) is 0 Å². The number of carbonyl (C=O) groups excluding carboxylic acids is 1. The highest BCUT2D eigenvalue weighted by Gasteiger charge is 2.13. The maximum Gasteiger partial charge on any atom is 0.305 e. The number of nitrogens with two attached hydrogens (primary N) is 1. The summed E-state index contributed by atoms with van der Waals surface area (Å²) in [6.45, 7) is 5.45. The number of carboxylic acids is 1. The first kappa shape index (κ1) is 15.9. The van der Waals surface area contributed by atoms with Crippen LogP contribution >= 0.6 is 0 Å². The third-order valence-electron chi connectivity index (χ3n) is 2.84. The van der Waals surface area contributed by atoms with Gasteiger partial charge in [-0.2, -0.15) is 0 Å². The van der Waals surface area contributed by atoms with Crippen molar-refractivity contribution in [1.29, 1.82) is 0 Å². The van der Waals surface area contributed by atoms with Gasteiger partial charge >= 0.3 is 5.97 Å². The number of nitrogens with zero attached hydrogens (tertiary/aromatic N) is 1. The molecule has 1 unspecified atom stereocenters. The van der Waals surface area contributed by atoms with E-state index in [9.17, 15) is 9.59 Å². The number of aliphatic carboxylic acids is 1. The molecule has 0 aromatic heterocycles. The lowest BCUT2D eigenvalue weighted by Gasteiger charge is -2.20. The highest BCUT2D eigenvalue weighted by molar-refractivity contribution is 5.77. The molecule has 0 aliphatic carbocycles. The average Bonchev–Trinajstić information content (AvgIpc) is 2.27. The zero-order valence-corrected chi connectivity index (χ0v) is 10.8. The van der Waals surface area contributed by atoms with Crippen LogP contribution in [-0.2, 0) is 9.59 Å². The van der Waals surface area contributed by atoms with Crippen molar-refractivity contribution in [2.24, 2.45) is 11.7 Å². The van der Waals surface area contributed by atoms with Gasteiger partial charge in [0.05, 0.1) is 6.42 Å². The van der Waals surface area contributed by atoms with Crippen LogP contribution in [0.4, 0.5) is 0 Å². The molecule has 0 aromatic carbocycles. The molecular formula is C12H24N2O3. The Morgan fingerprint density at radius 3 is 2.41 bits per heavy atom. The van der Waals surface area contributed by atoms with Crippen molar-refractivity contribution >= 4 is 11.9 Å². The van der Waals surface area contributed by atoms with Crippen molar-refractivity contribution in [2.75, 3.05) is 19.6 Å². The van der Waals surface area contributed by atoms with Crippen molar-refractivity contribution in [3.63, 3.8) is 0 Å². The standard InChI is InChI=1S/C12H24N2O3/c1-3-14(9-7-12(16)17)11(15)5-4-10(2)6-8-13/h10H,3-9,13H2,1-2H3,(H,16,17). The summed E-state index contributed by atoms with van der Waals surface area (Å²) < 4.78 is 0. The Hall–Kier alpha value is -1.10. The van der Waals surface area contributed by atoms with Crippen LogP contribution in [0.3, 0.4) is 0 Å². The van der Waals surface area contributed by atoms with E-state index in [1.807, 2.05) is 6.92 Å². The first-order valence-electron chi connectivity index (χ1n) is 6.20. The SMILES string of the molecule is CCN(CCC(=O)O)C(=O)CCC(C)CCN. The lowest BCUT2D eigenvalue weighted by molar-refractivity contribution is -0.138. The predicted molar refractivity (Wildman–Crippen MR) is 66.6 cm³/mol. The zero-order chi connectivity index (χ0) is 13.3. The summed E-state index contributed by atoms with van der Waals surface area (Å²) in [5.74, 6) is -0.382. The van der Waals surface area contributed by atoms with Crippen LogP contribution in [0, 0.1) is 5.92 Å². The van der Waals surface area contributed by atoms with E-state index in [4.69, 9.17) is 10.8 Å². The first-order valence-corrected chi connectivity index (χ1v) is 6.20. The van der Waals surface area contributed by atoms with Crippen LogP contribution in [0.2, 0.25) is 0 Å². The highest BCUT2D eigenvalue weighted by atomic mass is 16.4. The molecule has 0 bridgehead atoms. The largest absolute Gasteiger partial charge is 0.481 e. The molecule has 1 amide bonds. The molecule has 0 fully saturated rings. The second kappa shape index (κ2) is 8.98. The molecule has 0 radical (unpaired) electrons. The molecule has 17 heavy (non-hydrogen) atoms. The van der Waals surface area contributed by atoms with E-state index < -0.39 is 5.97 Å². The predicted octanol–water partition coefficient (Wildman–Crippen LogP) is 1.07. The van der Waals surface area contributed by atoms with E-state index >= 15 is 0 Å². The fourth-order valence-electron chi connectivity index (χ4n) is 1.65. The molecule has 0 aliphatic heterocycles. The normalized spacial score (nSPS) is 12.2. The number of carbonyl (C=O) groups is 2. The third-order valence-corrected chi connectivity index (χ3v) is 2.84. The van der Waals surface area contributed by atoms with Crippen molar-refractivity contribution < 1.29 is 14.7 Å². The summed E-state index contributed by atoms with van der Waals surface area (Å²) in [7, 11) is 0. The van der Waals surface area contributed by atoms with Crippen LogP contribution in [0.15, 0.2) is 0 Å². The molecule has 0 rings (SSSR count). The average molecular weight is 244 g/mol. The van der Waals surface area contributed by atoms with Gasteiger partial charge in [-0.25, -0.2) is 0 Å². The highest BCUT2D eigenvalue weighted by Crippen LogP contribution is 2.10. The lowest BCUT2D eigenvalue weighted by atomic mass is 10.0. The molecule has 1 atom stereocenters. The zero-order valence-electron chi connectivity index (χ0n) is 10.8. The molecule has 0 aliphatic rings. The van der Waals surface area contributed by atoms with Crippen LogP contribution in [-0.4, -0.2) is 41.5 Å². The van der Waals surface area contributed by atoms with Gasteiger partial charge in [0.15, 0.2) is 0 Å². The molecule has 5 heteroatoms. The summed E-state index contributed by atoms with van der Waals surface area (Å²) in [5.41, 5.74) is 5.44. The maximum absolute atomic E-state index is 11.8. The Bertz CT molecular complexity index is 244. The molecule has 0 heterocycles. The second-order valence-electron chi connectivity index (χ2n) is 4.34. The Kier molecular flexibility index (Phi) is 8.40. The smallest absolute Gasteiger partial charge is 0.305 e. The second-order valence-corrected chi connectivity index (χ2v) is 4.34. The lowest BCUT2D eigenvalue weighted by Crippen LogP contribution is -2.32. The van der Waals surface area contributed by atoms with Gasteiger partial charge in [-0.15, -0.1) is 0 Å². The fourth-order valence-corrected chi connectivity index (χ4v) is 1.65. The summed E-state index contributed by atoms with van der Waals surface area (Å²) in [4.78, 5) is 23.8. The summed E-state index contributed by atoms with van der Waals surface area (Å²) in [6, 6.07) is 0. The monoisotopic (exact) mass is 244 g/mol. The van der Waals surface area contributed by atoms with Crippen molar-refractivity contribution in [3.8, 4) is 0 Å². The molecule has 5 nitrogen and oxygen atoms in total. The molecule has 0 saturated heterocycles. The van der Waals surface area contributed by atoms with E-state index in [0.717, 1.165) is 12.8 Å². The van der Waals surface area contributed by atoms with E-state index in [0.29, 0.717) is 32.0 Å². The quantitative estimate of drug-likeness (QED) is 0.635. The van der Waals surface area contributed by atoms with Gasteiger partial charge in [-0.3, -0.25) is 9.59 Å². The maximum atomic E-state index is 11.8. The fraction of sp³-hybridized carbons (Fsp3) is 0.833. The van der Waals surface area contributed by atoms with Gasteiger partial charge in [0, 0.05) is 19.5 Å². The van der Waals surface area contributed by atoms with Gasteiger partial charge in [0.1, 0.15) is 0 Å². The summed E-state index contributed by atoms with van der Waals surface area (Å²) in [5, 5.41) is 8.58. The molecule has 0 saturated carbocycles. The van der Waals surface area contributed by atoms with Crippen molar-refractivity contribution in [1.82, 2.24) is 4.90 Å². The van der Waals surface area contributed by atoms with E-state index in [2.05, 4.69) is 6.92 Å². The molecule has 100 valence electrons. The van der Waals surface area contributed by atoms with E-state index in [1.165, 1.54) is 0 Å². The Morgan fingerprint density at radius 2 is 1.94 bits per heavy atom. The minimum atomic E-state index is -0.868. The topological polar surface area (TPSA) is 83.6 Å². The molecule has 0 spiro atoms. The van der Waals surface area contributed by atoms with Crippen molar-refractivity contribution in [3.05, 3.63) is 0 Å². The van der Waals surface area contributed by atoms with Crippen molar-refractivity contribution in [2.45, 2.75) is 39.5 Å². The summed E-state index contributed by atoms with van der Waals surface area (Å²) in [6.07, 6.45) is 2.24. The van der Waals surface area contributed by atoms with E-state index in [1.54, 1.807) is 4.90 Å². The molecule has 0 aromatic rings. The number of rotatable bonds is 9. The first-order chi connectivity index (χ1) is 8.01. The van der Waals surface area contributed by atoms with Crippen LogP contribution in [0.1, 0.15) is 39.5 Å². The van der Waals surface area contributed by atoms with Gasteiger partial charge in [-0.1, -0.05) is 6.92 Å². The third kappa shape index (κ3) is 7.74. The molecule has 3 N–H and O–H groups in total. The minimum absolute atomic E-state index is 0.0118. The van der Waals surface area contributed by atoms with E-state index in [-0.39, 0.29) is 12.3 Å². The number of amides is 1. The summed E-state index contributed by atoms with van der Waals surface area (Å²) >= 11 is 0. The van der Waals surface area contributed by atoms with Gasteiger partial charge in [-0.05, 0) is 32.2 Å². The molecular weight excluding hydrogens is 220 g/mol. The number of carboxylic acid groups (broad SMARTS) is 1. The Labute approximate surface area is 103 Å². The Balaban J connectivity index is 3.95. The van der Waals surface area contributed by atoms with Gasteiger partial charge in [0.2, 0.25) is 5.91 Å². The number of hydrogen-bond acceptors (Lipinski definition) is 3. The van der Waals surface area contributed by atoms with Crippen LogP contribution < -0.4 is 5.73 Å². The van der Waals surface area contributed by atoms with Crippen LogP contribution in [0.25, 0.3) is 0 Å². The van der Waals surface area contributed by atoms with Crippen LogP contribution in [0.5, 0.6) is 0 Å². The Morgan fingerprint density at radius 1 is 1.29 bits per heavy atom. The van der Waals surface area contributed by atoms with Gasteiger partial charge < -0.3 is 15.7 Å². The number of hydrogen-bond donors (Lipinski definition) is 2.